The van der Waals surface area contributed by atoms with Crippen LogP contribution in [0.3, 0.4) is 0 Å². The van der Waals surface area contributed by atoms with Crippen LogP contribution in [0, 0.1) is 13.8 Å². The van der Waals surface area contributed by atoms with Crippen LogP contribution in [0.1, 0.15) is 21.5 Å². The van der Waals surface area contributed by atoms with E-state index in [-0.39, 0.29) is 16.6 Å². The lowest BCUT2D eigenvalue weighted by atomic mass is 10.2. The van der Waals surface area contributed by atoms with Gasteiger partial charge >= 0.3 is 10.1 Å². The van der Waals surface area contributed by atoms with E-state index in [0.717, 1.165) is 11.3 Å². The van der Waals surface area contributed by atoms with Crippen LogP contribution >= 0.6 is 0 Å². The lowest BCUT2D eigenvalue weighted by molar-refractivity contribution is 0.0962. The minimum atomic E-state index is -3.96. The summed E-state index contributed by atoms with van der Waals surface area (Å²) in [7, 11) is -3.96. The van der Waals surface area contributed by atoms with E-state index >= 15 is 0 Å². The van der Waals surface area contributed by atoms with Crippen molar-refractivity contribution in [2.75, 3.05) is 5.43 Å². The molecule has 7 heteroatoms. The van der Waals surface area contributed by atoms with Gasteiger partial charge in [0.15, 0.2) is 0 Å². The van der Waals surface area contributed by atoms with Crippen molar-refractivity contribution >= 4 is 21.7 Å². The van der Waals surface area contributed by atoms with E-state index in [1.165, 1.54) is 24.3 Å². The molecule has 2 N–H and O–H groups in total. The highest BCUT2D eigenvalue weighted by Gasteiger charge is 2.19. The number of hydrogen-bond donors (Lipinski definition) is 2. The number of nitrogens with one attached hydrogen (secondary N) is 2. The predicted octanol–water partition coefficient (Wildman–Crippen LogP) is 3.83. The Labute approximate surface area is 164 Å². The van der Waals surface area contributed by atoms with Crippen LogP contribution in [0.2, 0.25) is 0 Å². The summed E-state index contributed by atoms with van der Waals surface area (Å²) in [6.45, 7) is 3.53. The topological polar surface area (TPSA) is 84.5 Å². The predicted molar refractivity (Wildman–Crippen MR) is 108 cm³/mol. The van der Waals surface area contributed by atoms with E-state index < -0.39 is 10.1 Å². The Bertz CT molecular complexity index is 1080. The molecule has 6 nitrogen and oxygen atoms in total. The number of carbonyl (C=O) groups excluding carboxylic acids is 1. The fourth-order valence-corrected chi connectivity index (χ4v) is 3.78. The van der Waals surface area contributed by atoms with Gasteiger partial charge in [-0.1, -0.05) is 30.3 Å². The highest BCUT2D eigenvalue weighted by molar-refractivity contribution is 7.87. The molecule has 0 aliphatic heterocycles. The zero-order valence-electron chi connectivity index (χ0n) is 15.5. The second kappa shape index (κ2) is 8.14. The first-order valence-electron chi connectivity index (χ1n) is 8.58. The number of carbonyl (C=O) groups is 1. The maximum atomic E-state index is 12.5. The van der Waals surface area contributed by atoms with Gasteiger partial charge in [0.1, 0.15) is 10.6 Å². The molecule has 0 unspecified atom stereocenters. The first-order chi connectivity index (χ1) is 13.3. The van der Waals surface area contributed by atoms with Gasteiger partial charge in [0, 0.05) is 5.56 Å². The van der Waals surface area contributed by atoms with E-state index in [0.29, 0.717) is 11.1 Å². The maximum Gasteiger partial charge on any atom is 0.339 e. The van der Waals surface area contributed by atoms with Crippen molar-refractivity contribution in [3.05, 3.63) is 89.5 Å². The lowest BCUT2D eigenvalue weighted by Crippen LogP contribution is -2.29. The van der Waals surface area contributed by atoms with Crippen molar-refractivity contribution in [2.24, 2.45) is 0 Å². The maximum absolute atomic E-state index is 12.5. The van der Waals surface area contributed by atoms with Gasteiger partial charge in [0.05, 0.1) is 5.69 Å². The van der Waals surface area contributed by atoms with Crippen LogP contribution in [-0.2, 0) is 10.1 Å². The third kappa shape index (κ3) is 4.69. The fourth-order valence-electron chi connectivity index (χ4n) is 2.53. The summed E-state index contributed by atoms with van der Waals surface area (Å²) in [6, 6.07) is 20.2. The summed E-state index contributed by atoms with van der Waals surface area (Å²) in [5.41, 5.74) is 7.91. The van der Waals surface area contributed by atoms with Crippen molar-refractivity contribution in [3.63, 3.8) is 0 Å². The molecule has 144 valence electrons. The van der Waals surface area contributed by atoms with E-state index in [1.54, 1.807) is 19.1 Å². The Kier molecular flexibility index (Phi) is 5.65. The molecule has 0 bridgehead atoms. The lowest BCUT2D eigenvalue weighted by Gasteiger charge is -2.11. The molecule has 0 atom stereocenters. The van der Waals surface area contributed by atoms with Gasteiger partial charge in [-0.15, -0.1) is 0 Å². The Morgan fingerprint density at radius 2 is 1.57 bits per heavy atom. The number of amides is 1. The van der Waals surface area contributed by atoms with Crippen LogP contribution in [0.5, 0.6) is 5.75 Å². The highest BCUT2D eigenvalue weighted by atomic mass is 32.2. The third-order valence-electron chi connectivity index (χ3n) is 4.03. The molecule has 3 rings (SSSR count). The summed E-state index contributed by atoms with van der Waals surface area (Å²) in [4.78, 5) is 12.3. The van der Waals surface area contributed by atoms with Gasteiger partial charge in [-0.25, -0.2) is 0 Å². The molecular weight excluding hydrogens is 376 g/mol. The quantitative estimate of drug-likeness (QED) is 0.489. The normalized spacial score (nSPS) is 10.9. The third-order valence-corrected chi connectivity index (χ3v) is 5.42. The van der Waals surface area contributed by atoms with Crippen molar-refractivity contribution in [3.8, 4) is 5.75 Å². The molecule has 0 fully saturated rings. The smallest absolute Gasteiger partial charge is 0.339 e. The zero-order chi connectivity index (χ0) is 20.1. The standard InChI is InChI=1S/C21H20N2O4S/c1-15-8-9-16(2)20(14-15)28(25,26)27-19-12-10-17(11-13-19)21(24)23-22-18-6-4-3-5-7-18/h3-14,22H,1-2H3,(H,23,24). The first-order valence-corrected chi connectivity index (χ1v) is 9.99. The Hall–Kier alpha value is -3.32. The number of anilines is 1. The van der Waals surface area contributed by atoms with Gasteiger partial charge in [0.25, 0.3) is 5.91 Å². The number of benzene rings is 3. The molecule has 0 saturated carbocycles. The van der Waals surface area contributed by atoms with Crippen molar-refractivity contribution in [1.82, 2.24) is 5.43 Å². The van der Waals surface area contributed by atoms with E-state index in [2.05, 4.69) is 10.9 Å². The summed E-state index contributed by atoms with van der Waals surface area (Å²) in [5.74, 6) is -0.221. The van der Waals surface area contributed by atoms with Gasteiger partial charge in [-0.3, -0.25) is 15.6 Å². The van der Waals surface area contributed by atoms with Crippen LogP contribution in [0.4, 0.5) is 5.69 Å². The molecule has 28 heavy (non-hydrogen) atoms. The molecular formula is C21H20N2O4S. The molecule has 0 aliphatic carbocycles. The molecule has 0 aromatic heterocycles. The molecule has 0 spiro atoms. The molecule has 0 aliphatic rings. The summed E-state index contributed by atoms with van der Waals surface area (Å²) in [5, 5.41) is 0. The van der Waals surface area contributed by atoms with Gasteiger partial charge in [0.2, 0.25) is 0 Å². The monoisotopic (exact) mass is 396 g/mol. The zero-order valence-corrected chi connectivity index (χ0v) is 16.3. The molecule has 1 amide bonds. The molecule has 3 aromatic rings. The van der Waals surface area contributed by atoms with E-state index in [4.69, 9.17) is 4.18 Å². The minimum Gasteiger partial charge on any atom is -0.379 e. The summed E-state index contributed by atoms with van der Waals surface area (Å²) >= 11 is 0. The highest BCUT2D eigenvalue weighted by Crippen LogP contribution is 2.22. The van der Waals surface area contributed by atoms with Crippen LogP contribution < -0.4 is 15.0 Å². The molecule has 0 heterocycles. The summed E-state index contributed by atoms with van der Waals surface area (Å²) < 4.78 is 30.3. The van der Waals surface area contributed by atoms with Gasteiger partial charge in [-0.05, 0) is 67.4 Å². The molecule has 0 radical (unpaired) electrons. The Balaban J connectivity index is 1.68. The van der Waals surface area contributed by atoms with E-state index in [9.17, 15) is 13.2 Å². The second-order valence-corrected chi connectivity index (χ2v) is 7.79. The number of aryl methyl sites for hydroxylation is 2. The SMILES string of the molecule is Cc1ccc(C)c(S(=O)(=O)Oc2ccc(C(=O)NNc3ccccc3)cc2)c1. The van der Waals surface area contributed by atoms with Gasteiger partial charge < -0.3 is 4.18 Å². The summed E-state index contributed by atoms with van der Waals surface area (Å²) in [6.07, 6.45) is 0. The second-order valence-electron chi connectivity index (χ2n) is 6.28. The Morgan fingerprint density at radius 3 is 2.25 bits per heavy atom. The van der Waals surface area contributed by atoms with Crippen LogP contribution in [-0.4, -0.2) is 14.3 Å². The van der Waals surface area contributed by atoms with E-state index in [1.807, 2.05) is 43.3 Å². The average Bonchev–Trinajstić information content (AvgIpc) is 2.69. The average molecular weight is 396 g/mol. The number of hydrogen-bond acceptors (Lipinski definition) is 5. The Morgan fingerprint density at radius 1 is 0.893 bits per heavy atom. The van der Waals surface area contributed by atoms with Crippen LogP contribution in [0.25, 0.3) is 0 Å². The minimum absolute atomic E-state index is 0.126. The van der Waals surface area contributed by atoms with Crippen molar-refractivity contribution < 1.29 is 17.4 Å². The fraction of sp³-hybridized carbons (Fsp3) is 0.0952. The van der Waals surface area contributed by atoms with Gasteiger partial charge in [-0.2, -0.15) is 8.42 Å². The van der Waals surface area contributed by atoms with Crippen molar-refractivity contribution in [2.45, 2.75) is 18.7 Å². The number of para-hydroxylation sites is 1. The number of rotatable bonds is 6. The molecule has 0 saturated heterocycles. The number of hydrazine groups is 1. The first kappa shape index (κ1) is 19.4. The van der Waals surface area contributed by atoms with Crippen LogP contribution in [0.15, 0.2) is 77.7 Å². The largest absolute Gasteiger partial charge is 0.379 e. The molecule has 3 aromatic carbocycles. The van der Waals surface area contributed by atoms with Crippen molar-refractivity contribution in [1.29, 1.82) is 0 Å².